The molecule has 0 saturated carbocycles. The third-order valence-electron chi connectivity index (χ3n) is 4.80. The van der Waals surface area contributed by atoms with Crippen LogP contribution in [0.15, 0.2) is 48.5 Å². The minimum atomic E-state index is -0.207. The van der Waals surface area contributed by atoms with E-state index in [1.54, 1.807) is 12.1 Å². The average molecular weight is 368 g/mol. The third kappa shape index (κ3) is 4.61. The van der Waals surface area contributed by atoms with Crippen LogP contribution in [0.4, 0.5) is 11.4 Å². The molecule has 0 aliphatic carbocycles. The first kappa shape index (κ1) is 18.4. The molecule has 2 aromatic rings. The SMILES string of the molecule is Cc1ccc(C(=O)NC(=S)Nc2ccc(N3CCCC[C@@H]3C)cc2)cc1. The Balaban J connectivity index is 1.57. The molecule has 4 nitrogen and oxygen atoms in total. The number of rotatable bonds is 3. The molecule has 1 atom stereocenters. The number of carbonyl (C=O) groups is 1. The van der Waals surface area contributed by atoms with Crippen LogP contribution in [0.25, 0.3) is 0 Å². The van der Waals surface area contributed by atoms with Crippen molar-refractivity contribution < 1.29 is 4.79 Å². The second-order valence-corrected chi connectivity index (χ2v) is 7.27. The Kier molecular flexibility index (Phi) is 5.89. The summed E-state index contributed by atoms with van der Waals surface area (Å²) >= 11 is 5.26. The van der Waals surface area contributed by atoms with Crippen molar-refractivity contribution in [1.29, 1.82) is 0 Å². The number of piperidine rings is 1. The van der Waals surface area contributed by atoms with Gasteiger partial charge < -0.3 is 10.2 Å². The van der Waals surface area contributed by atoms with Gasteiger partial charge in [-0.15, -0.1) is 0 Å². The summed E-state index contributed by atoms with van der Waals surface area (Å²) in [4.78, 5) is 14.7. The first-order valence-corrected chi connectivity index (χ1v) is 9.49. The number of benzene rings is 2. The zero-order chi connectivity index (χ0) is 18.5. The van der Waals surface area contributed by atoms with Crippen LogP contribution in [-0.2, 0) is 0 Å². The van der Waals surface area contributed by atoms with Crippen LogP contribution in [-0.4, -0.2) is 23.6 Å². The molecular weight excluding hydrogens is 342 g/mol. The first-order chi connectivity index (χ1) is 12.5. The Labute approximate surface area is 160 Å². The lowest BCUT2D eigenvalue weighted by molar-refractivity contribution is 0.0977. The van der Waals surface area contributed by atoms with Crippen molar-refractivity contribution in [3.05, 3.63) is 59.7 Å². The average Bonchev–Trinajstić information content (AvgIpc) is 2.63. The fourth-order valence-corrected chi connectivity index (χ4v) is 3.47. The molecule has 5 heteroatoms. The number of anilines is 2. The van der Waals surface area contributed by atoms with Crippen molar-refractivity contribution in [3.63, 3.8) is 0 Å². The lowest BCUT2D eigenvalue weighted by Crippen LogP contribution is -2.37. The zero-order valence-corrected chi connectivity index (χ0v) is 16.1. The molecule has 1 saturated heterocycles. The van der Waals surface area contributed by atoms with Gasteiger partial charge in [0.05, 0.1) is 0 Å². The van der Waals surface area contributed by atoms with Crippen LogP contribution in [0.5, 0.6) is 0 Å². The second kappa shape index (κ2) is 8.32. The maximum atomic E-state index is 12.2. The molecule has 0 unspecified atom stereocenters. The molecule has 2 N–H and O–H groups in total. The van der Waals surface area contributed by atoms with Crippen LogP contribution in [0, 0.1) is 6.92 Å². The topological polar surface area (TPSA) is 44.4 Å². The van der Waals surface area contributed by atoms with Gasteiger partial charge in [-0.05, 0) is 81.7 Å². The highest BCUT2D eigenvalue weighted by molar-refractivity contribution is 7.80. The predicted octanol–water partition coefficient (Wildman–Crippen LogP) is 4.50. The van der Waals surface area contributed by atoms with Crippen molar-refractivity contribution >= 4 is 34.6 Å². The molecule has 136 valence electrons. The van der Waals surface area contributed by atoms with E-state index in [-0.39, 0.29) is 5.91 Å². The minimum absolute atomic E-state index is 0.207. The summed E-state index contributed by atoms with van der Waals surface area (Å²) in [5, 5.41) is 6.10. The number of nitrogens with zero attached hydrogens (tertiary/aromatic N) is 1. The van der Waals surface area contributed by atoms with E-state index in [2.05, 4.69) is 34.6 Å². The molecule has 3 rings (SSSR count). The summed E-state index contributed by atoms with van der Waals surface area (Å²) in [7, 11) is 0. The fraction of sp³-hybridized carbons (Fsp3) is 0.333. The van der Waals surface area contributed by atoms with E-state index in [1.807, 2.05) is 31.2 Å². The molecule has 1 heterocycles. The number of hydrogen-bond acceptors (Lipinski definition) is 3. The van der Waals surface area contributed by atoms with Crippen LogP contribution >= 0.6 is 12.2 Å². The monoisotopic (exact) mass is 367 g/mol. The van der Waals surface area contributed by atoms with E-state index in [4.69, 9.17) is 12.2 Å². The smallest absolute Gasteiger partial charge is 0.257 e. The molecule has 0 aromatic heterocycles. The Morgan fingerprint density at radius 2 is 1.77 bits per heavy atom. The van der Waals surface area contributed by atoms with Gasteiger partial charge in [0.15, 0.2) is 5.11 Å². The Morgan fingerprint density at radius 3 is 2.42 bits per heavy atom. The van der Waals surface area contributed by atoms with E-state index in [0.29, 0.717) is 16.7 Å². The van der Waals surface area contributed by atoms with Crippen molar-refractivity contribution in [1.82, 2.24) is 5.32 Å². The van der Waals surface area contributed by atoms with Gasteiger partial charge in [-0.3, -0.25) is 10.1 Å². The van der Waals surface area contributed by atoms with E-state index >= 15 is 0 Å². The summed E-state index contributed by atoms with van der Waals surface area (Å²) in [5.74, 6) is -0.207. The summed E-state index contributed by atoms with van der Waals surface area (Å²) < 4.78 is 0. The zero-order valence-electron chi connectivity index (χ0n) is 15.3. The number of amides is 1. The molecule has 0 radical (unpaired) electrons. The molecule has 1 amide bonds. The number of nitrogens with one attached hydrogen (secondary N) is 2. The van der Waals surface area contributed by atoms with Gasteiger partial charge in [0, 0.05) is 29.5 Å². The summed E-state index contributed by atoms with van der Waals surface area (Å²) in [5.41, 5.74) is 3.81. The Hall–Kier alpha value is -2.40. The molecule has 1 aliphatic heterocycles. The maximum Gasteiger partial charge on any atom is 0.257 e. The van der Waals surface area contributed by atoms with Crippen molar-refractivity contribution in [2.45, 2.75) is 39.2 Å². The second-order valence-electron chi connectivity index (χ2n) is 6.86. The predicted molar refractivity (Wildman–Crippen MR) is 112 cm³/mol. The van der Waals surface area contributed by atoms with Crippen molar-refractivity contribution in [2.75, 3.05) is 16.8 Å². The molecular formula is C21H25N3OS. The molecule has 2 aromatic carbocycles. The van der Waals surface area contributed by atoms with Crippen LogP contribution in [0.3, 0.4) is 0 Å². The minimum Gasteiger partial charge on any atom is -0.369 e. The standard InChI is InChI=1S/C21H25N3OS/c1-15-6-8-17(9-7-15)20(25)23-21(26)22-18-10-12-19(13-11-18)24-14-4-3-5-16(24)2/h6-13,16H,3-5,14H2,1-2H3,(H2,22,23,25,26)/t16-/m0/s1. The van der Waals surface area contributed by atoms with Crippen molar-refractivity contribution in [2.24, 2.45) is 0 Å². The normalized spacial score (nSPS) is 16.8. The molecule has 26 heavy (non-hydrogen) atoms. The van der Waals surface area contributed by atoms with Crippen LogP contribution in [0.2, 0.25) is 0 Å². The van der Waals surface area contributed by atoms with Crippen LogP contribution < -0.4 is 15.5 Å². The van der Waals surface area contributed by atoms with E-state index in [1.165, 1.54) is 24.9 Å². The van der Waals surface area contributed by atoms with Gasteiger partial charge >= 0.3 is 0 Å². The van der Waals surface area contributed by atoms with Crippen LogP contribution in [0.1, 0.15) is 42.1 Å². The van der Waals surface area contributed by atoms with Gasteiger partial charge in [-0.2, -0.15) is 0 Å². The molecule has 1 fully saturated rings. The maximum absolute atomic E-state index is 12.2. The number of hydrogen-bond donors (Lipinski definition) is 2. The quantitative estimate of drug-likeness (QED) is 0.784. The number of aryl methyl sites for hydroxylation is 1. The molecule has 1 aliphatic rings. The number of carbonyl (C=O) groups excluding carboxylic acids is 1. The van der Waals surface area contributed by atoms with Crippen molar-refractivity contribution in [3.8, 4) is 0 Å². The summed E-state index contributed by atoms with van der Waals surface area (Å²) in [6.07, 6.45) is 3.81. The Morgan fingerprint density at radius 1 is 1.08 bits per heavy atom. The summed E-state index contributed by atoms with van der Waals surface area (Å²) in [6, 6.07) is 16.2. The van der Waals surface area contributed by atoms with Gasteiger partial charge in [-0.25, -0.2) is 0 Å². The lowest BCUT2D eigenvalue weighted by atomic mass is 10.0. The lowest BCUT2D eigenvalue weighted by Gasteiger charge is -2.35. The highest BCUT2D eigenvalue weighted by atomic mass is 32.1. The Bertz CT molecular complexity index is 771. The molecule has 0 spiro atoms. The van der Waals surface area contributed by atoms with Gasteiger partial charge in [0.1, 0.15) is 0 Å². The molecule has 0 bridgehead atoms. The first-order valence-electron chi connectivity index (χ1n) is 9.08. The van der Waals surface area contributed by atoms with E-state index < -0.39 is 0 Å². The van der Waals surface area contributed by atoms with E-state index in [9.17, 15) is 4.79 Å². The summed E-state index contributed by atoms with van der Waals surface area (Å²) in [6.45, 7) is 5.38. The highest BCUT2D eigenvalue weighted by Gasteiger charge is 2.18. The largest absolute Gasteiger partial charge is 0.369 e. The van der Waals surface area contributed by atoms with Gasteiger partial charge in [0.25, 0.3) is 5.91 Å². The fourth-order valence-electron chi connectivity index (χ4n) is 3.26. The van der Waals surface area contributed by atoms with Gasteiger partial charge in [0.2, 0.25) is 0 Å². The highest BCUT2D eigenvalue weighted by Crippen LogP contribution is 2.25. The third-order valence-corrected chi connectivity index (χ3v) is 5.00. The van der Waals surface area contributed by atoms with Gasteiger partial charge in [-0.1, -0.05) is 17.7 Å². The van der Waals surface area contributed by atoms with E-state index in [0.717, 1.165) is 17.8 Å². The number of thiocarbonyl (C=S) groups is 1.